The van der Waals surface area contributed by atoms with Gasteiger partial charge in [-0.2, -0.15) is 4.31 Å². The molecule has 2 aliphatic heterocycles. The molecule has 1 N–H and O–H groups in total. The summed E-state index contributed by atoms with van der Waals surface area (Å²) in [5.74, 6) is -0.910. The van der Waals surface area contributed by atoms with Crippen LogP contribution in [0.15, 0.2) is 59.5 Å². The molecule has 2 aliphatic rings. The minimum atomic E-state index is -4.09. The summed E-state index contributed by atoms with van der Waals surface area (Å²) >= 11 is 0. The number of nitrogens with zero attached hydrogens (tertiary/aromatic N) is 3. The lowest BCUT2D eigenvalue weighted by Crippen LogP contribution is -2.57. The number of piperidine rings is 1. The van der Waals surface area contributed by atoms with Crippen molar-refractivity contribution in [3.8, 4) is 5.75 Å². The normalized spacial score (nSPS) is 19.9. The lowest BCUT2D eigenvalue weighted by molar-refractivity contribution is -0.144. The smallest absolute Gasteiger partial charge is 0.410 e. The molecule has 0 aromatic heterocycles. The van der Waals surface area contributed by atoms with Crippen LogP contribution >= 0.6 is 0 Å². The van der Waals surface area contributed by atoms with E-state index < -0.39 is 39.6 Å². The minimum Gasteiger partial charge on any atom is -0.497 e. The lowest BCUT2D eigenvalue weighted by Gasteiger charge is -2.40. The fraction of sp³-hybridized carbons (Fsp3) is 0.500. The van der Waals surface area contributed by atoms with Gasteiger partial charge in [-0.15, -0.1) is 0 Å². The molecule has 43 heavy (non-hydrogen) atoms. The summed E-state index contributed by atoms with van der Waals surface area (Å²) in [6.45, 7) is 6.74. The second-order valence-corrected chi connectivity index (χ2v) is 13.5. The lowest BCUT2D eigenvalue weighted by atomic mass is 9.90. The number of hydrogen-bond donors (Lipinski definition) is 1. The number of ether oxygens (including phenoxy) is 2. The van der Waals surface area contributed by atoms with Gasteiger partial charge in [0.15, 0.2) is 0 Å². The van der Waals surface area contributed by atoms with Gasteiger partial charge < -0.3 is 19.3 Å². The van der Waals surface area contributed by atoms with E-state index in [9.17, 15) is 22.8 Å². The minimum absolute atomic E-state index is 0.0129. The Morgan fingerprint density at radius 1 is 0.907 bits per heavy atom. The van der Waals surface area contributed by atoms with E-state index in [4.69, 9.17) is 14.3 Å². The molecule has 3 amide bonds. The first-order valence-electron chi connectivity index (χ1n) is 14.3. The predicted molar refractivity (Wildman–Crippen MR) is 157 cm³/mol. The quantitative estimate of drug-likeness (QED) is 0.448. The molecule has 2 unspecified atom stereocenters. The van der Waals surface area contributed by atoms with Crippen LogP contribution in [0.3, 0.4) is 0 Å². The summed E-state index contributed by atoms with van der Waals surface area (Å²) in [6.07, 6.45) is -0.195. The highest BCUT2D eigenvalue weighted by Crippen LogP contribution is 2.31. The van der Waals surface area contributed by atoms with Crippen LogP contribution in [0.25, 0.3) is 0 Å². The van der Waals surface area contributed by atoms with Gasteiger partial charge in [0.25, 0.3) is 5.91 Å². The Balaban J connectivity index is 1.46. The Kier molecular flexibility index (Phi) is 10.3. The summed E-state index contributed by atoms with van der Waals surface area (Å²) in [4.78, 5) is 48.1. The zero-order valence-corrected chi connectivity index (χ0v) is 25.8. The number of hydroxylamine groups is 1. The maximum atomic E-state index is 13.7. The van der Waals surface area contributed by atoms with Crippen LogP contribution in [0.4, 0.5) is 4.79 Å². The largest absolute Gasteiger partial charge is 0.497 e. The number of rotatable bonds is 8. The summed E-state index contributed by atoms with van der Waals surface area (Å²) in [5.41, 5.74) is 2.61. The number of nitrogens with one attached hydrogen (secondary N) is 1. The van der Waals surface area contributed by atoms with Gasteiger partial charge >= 0.3 is 6.09 Å². The van der Waals surface area contributed by atoms with Crippen LogP contribution < -0.4 is 10.2 Å². The average molecular weight is 617 g/mol. The van der Waals surface area contributed by atoms with Gasteiger partial charge in [-0.3, -0.25) is 14.4 Å². The molecule has 2 atom stereocenters. The van der Waals surface area contributed by atoms with Crippen LogP contribution in [0.1, 0.15) is 39.2 Å². The predicted octanol–water partition coefficient (Wildman–Crippen LogP) is 2.79. The molecule has 0 spiro atoms. The summed E-state index contributed by atoms with van der Waals surface area (Å²) < 4.78 is 39.1. The van der Waals surface area contributed by atoms with Gasteiger partial charge in [0.05, 0.1) is 18.6 Å². The molecule has 0 saturated carbocycles. The number of sulfonamides is 1. The number of piperazine rings is 1. The first kappa shape index (κ1) is 32.2. The van der Waals surface area contributed by atoms with E-state index in [-0.39, 0.29) is 36.8 Å². The molecule has 12 nitrogen and oxygen atoms in total. The third-order valence-electron chi connectivity index (χ3n) is 7.37. The monoisotopic (exact) mass is 616 g/mol. The summed E-state index contributed by atoms with van der Waals surface area (Å²) in [5, 5.41) is 0. The molecule has 2 saturated heterocycles. The second-order valence-electron chi connectivity index (χ2n) is 11.6. The van der Waals surface area contributed by atoms with E-state index in [0.29, 0.717) is 31.9 Å². The Labute approximate surface area is 252 Å². The first-order valence-corrected chi connectivity index (χ1v) is 15.7. The van der Waals surface area contributed by atoms with Crippen molar-refractivity contribution in [2.24, 2.45) is 5.92 Å². The van der Waals surface area contributed by atoms with Crippen molar-refractivity contribution in [2.45, 2.75) is 56.8 Å². The second kappa shape index (κ2) is 13.7. The van der Waals surface area contributed by atoms with Crippen molar-refractivity contribution in [1.29, 1.82) is 0 Å². The molecule has 2 aromatic rings. The van der Waals surface area contributed by atoms with E-state index in [0.717, 1.165) is 9.87 Å². The molecule has 234 valence electrons. The van der Waals surface area contributed by atoms with Crippen LogP contribution in [0.2, 0.25) is 0 Å². The highest BCUT2D eigenvalue weighted by molar-refractivity contribution is 7.89. The highest BCUT2D eigenvalue weighted by atomic mass is 32.2. The van der Waals surface area contributed by atoms with Crippen molar-refractivity contribution in [1.82, 2.24) is 19.6 Å². The zero-order valence-electron chi connectivity index (χ0n) is 25.0. The van der Waals surface area contributed by atoms with Crippen molar-refractivity contribution in [3.63, 3.8) is 0 Å². The van der Waals surface area contributed by atoms with Crippen LogP contribution in [0.5, 0.6) is 5.75 Å². The molecule has 2 fully saturated rings. The summed E-state index contributed by atoms with van der Waals surface area (Å²) in [6, 6.07) is 14.0. The standard InChI is InChI=1S/C30H40N4O8S/c1-30(2,3)42-29(37)33-18-16-32(17-19-33)28(36)23-14-15-34(43(38,39)25-12-10-24(40-4)11-13-25)26(20-23)27(35)31-41-21-22-8-6-5-7-9-22/h5-13,23,26H,14-21H2,1-4H3,(H,31,35). The number of carbonyl (C=O) groups is 3. The Morgan fingerprint density at radius 2 is 1.53 bits per heavy atom. The zero-order chi connectivity index (χ0) is 31.2. The molecule has 0 bridgehead atoms. The first-order chi connectivity index (χ1) is 20.4. The number of carbonyl (C=O) groups excluding carboxylic acids is 3. The molecule has 2 aromatic carbocycles. The van der Waals surface area contributed by atoms with E-state index in [2.05, 4.69) is 5.48 Å². The van der Waals surface area contributed by atoms with E-state index in [1.165, 1.54) is 31.4 Å². The molecule has 0 radical (unpaired) electrons. The number of hydrogen-bond acceptors (Lipinski definition) is 8. The fourth-order valence-electron chi connectivity index (χ4n) is 5.10. The van der Waals surface area contributed by atoms with Gasteiger partial charge in [-0.05, 0) is 63.4 Å². The Hall–Kier alpha value is -3.68. The van der Waals surface area contributed by atoms with E-state index >= 15 is 0 Å². The SMILES string of the molecule is COc1ccc(S(=O)(=O)N2CCC(C(=O)N3CCN(C(=O)OC(C)(C)C)CC3)CC2C(=O)NOCc2ccccc2)cc1. The number of benzene rings is 2. The number of methoxy groups -OCH3 is 1. The molecule has 2 heterocycles. The molecule has 0 aliphatic carbocycles. The maximum absolute atomic E-state index is 13.7. The fourth-order valence-corrected chi connectivity index (χ4v) is 6.72. The molecule has 4 rings (SSSR count). The maximum Gasteiger partial charge on any atom is 0.410 e. The topological polar surface area (TPSA) is 135 Å². The van der Waals surface area contributed by atoms with E-state index in [1.807, 2.05) is 30.3 Å². The van der Waals surface area contributed by atoms with Crippen molar-refractivity contribution < 1.29 is 37.1 Å². The molecular weight excluding hydrogens is 576 g/mol. The van der Waals surface area contributed by atoms with Crippen LogP contribution in [-0.4, -0.2) is 91.9 Å². The summed E-state index contributed by atoms with van der Waals surface area (Å²) in [7, 11) is -2.60. The van der Waals surface area contributed by atoms with Crippen molar-refractivity contribution in [2.75, 3.05) is 39.8 Å². The van der Waals surface area contributed by atoms with Gasteiger partial charge in [-0.25, -0.2) is 18.7 Å². The van der Waals surface area contributed by atoms with E-state index in [1.54, 1.807) is 30.6 Å². The van der Waals surface area contributed by atoms with Gasteiger partial charge in [-0.1, -0.05) is 30.3 Å². The third-order valence-corrected chi connectivity index (χ3v) is 9.29. The average Bonchev–Trinajstić information content (AvgIpc) is 3.00. The Bertz CT molecular complexity index is 1370. The third kappa shape index (κ3) is 8.24. The van der Waals surface area contributed by atoms with Crippen molar-refractivity contribution in [3.05, 3.63) is 60.2 Å². The molecular formula is C30H40N4O8S. The van der Waals surface area contributed by atoms with Crippen LogP contribution in [0, 0.1) is 5.92 Å². The van der Waals surface area contributed by atoms with Crippen LogP contribution in [-0.2, 0) is 35.8 Å². The number of amides is 3. The Morgan fingerprint density at radius 3 is 2.14 bits per heavy atom. The van der Waals surface area contributed by atoms with Gasteiger partial charge in [0, 0.05) is 38.6 Å². The van der Waals surface area contributed by atoms with Gasteiger partial charge in [0.2, 0.25) is 15.9 Å². The molecule has 13 heteroatoms. The van der Waals surface area contributed by atoms with Crippen molar-refractivity contribution >= 4 is 27.9 Å². The van der Waals surface area contributed by atoms with Gasteiger partial charge in [0.1, 0.15) is 17.4 Å². The highest BCUT2D eigenvalue weighted by Gasteiger charge is 2.44.